The third-order valence-electron chi connectivity index (χ3n) is 4.46. The predicted octanol–water partition coefficient (Wildman–Crippen LogP) is 2.29. The fraction of sp³-hybridized carbons (Fsp3) is 0.733. The molecule has 2 fully saturated rings. The summed E-state index contributed by atoms with van der Waals surface area (Å²) in [6.45, 7) is 1.69. The van der Waals surface area contributed by atoms with Crippen LogP contribution in [0.3, 0.4) is 0 Å². The molecule has 0 unspecified atom stereocenters. The highest BCUT2D eigenvalue weighted by atomic mass is 19.4. The Labute approximate surface area is 133 Å². The molecule has 0 aromatic heterocycles. The summed E-state index contributed by atoms with van der Waals surface area (Å²) in [5, 5.41) is 9.51. The first kappa shape index (κ1) is 17.6. The van der Waals surface area contributed by atoms with E-state index in [1.165, 1.54) is 0 Å². The van der Waals surface area contributed by atoms with Gasteiger partial charge in [-0.3, -0.25) is 10.2 Å². The number of rotatable bonds is 5. The van der Waals surface area contributed by atoms with Gasteiger partial charge in [0.05, 0.1) is 6.61 Å². The first-order valence-electron chi connectivity index (χ1n) is 7.79. The molecule has 0 aromatic rings. The summed E-state index contributed by atoms with van der Waals surface area (Å²) < 4.78 is 42.8. The highest BCUT2D eigenvalue weighted by Crippen LogP contribution is 2.36. The second-order valence-electron chi connectivity index (χ2n) is 5.96. The Kier molecular flexibility index (Phi) is 5.54. The van der Waals surface area contributed by atoms with Crippen LogP contribution in [0.2, 0.25) is 0 Å². The molecule has 8 heteroatoms. The van der Waals surface area contributed by atoms with E-state index in [4.69, 9.17) is 10.1 Å². The largest absolute Gasteiger partial charge is 0.478 e. The van der Waals surface area contributed by atoms with Gasteiger partial charge in [0.1, 0.15) is 5.70 Å². The van der Waals surface area contributed by atoms with Gasteiger partial charge in [-0.05, 0) is 25.7 Å². The van der Waals surface area contributed by atoms with Crippen molar-refractivity contribution in [1.82, 2.24) is 10.2 Å². The number of likely N-dealkylation sites (tertiary alicyclic amines) is 1. The lowest BCUT2D eigenvalue weighted by atomic mass is 9.73. The molecule has 1 aliphatic heterocycles. The Hall–Kier alpha value is -1.73. The Morgan fingerprint density at radius 3 is 2.48 bits per heavy atom. The van der Waals surface area contributed by atoms with E-state index in [9.17, 15) is 18.0 Å². The average molecular weight is 333 g/mol. The van der Waals surface area contributed by atoms with Gasteiger partial charge in [0, 0.05) is 38.0 Å². The van der Waals surface area contributed by atoms with Crippen molar-refractivity contribution < 1.29 is 22.7 Å². The number of nitrogens with one attached hydrogen (secondary N) is 2. The lowest BCUT2D eigenvalue weighted by Gasteiger charge is -2.37. The van der Waals surface area contributed by atoms with Crippen LogP contribution in [0.4, 0.5) is 13.2 Å². The monoisotopic (exact) mass is 333 g/mol. The highest BCUT2D eigenvalue weighted by molar-refractivity contribution is 5.85. The lowest BCUT2D eigenvalue weighted by molar-refractivity contribution is -0.141. The summed E-state index contributed by atoms with van der Waals surface area (Å²) in [5.41, 5.74) is -1.03. The van der Waals surface area contributed by atoms with Crippen LogP contribution in [0.5, 0.6) is 0 Å². The summed E-state index contributed by atoms with van der Waals surface area (Å²) in [4.78, 5) is 14.1. The van der Waals surface area contributed by atoms with Crippen molar-refractivity contribution in [1.29, 1.82) is 5.41 Å². The smallest absolute Gasteiger partial charge is 0.431 e. The minimum Gasteiger partial charge on any atom is -0.478 e. The van der Waals surface area contributed by atoms with Gasteiger partial charge in [0.2, 0.25) is 11.8 Å². The predicted molar refractivity (Wildman–Crippen MR) is 78.9 cm³/mol. The van der Waals surface area contributed by atoms with Crippen molar-refractivity contribution >= 4 is 11.8 Å². The van der Waals surface area contributed by atoms with Gasteiger partial charge in [-0.1, -0.05) is 0 Å². The van der Waals surface area contributed by atoms with Crippen LogP contribution >= 0.6 is 0 Å². The van der Waals surface area contributed by atoms with Crippen molar-refractivity contribution in [3.05, 3.63) is 11.8 Å². The van der Waals surface area contributed by atoms with E-state index < -0.39 is 17.8 Å². The average Bonchev–Trinajstić information content (AvgIpc) is 2.96. The Bertz CT molecular complexity index is 485. The van der Waals surface area contributed by atoms with Crippen LogP contribution in [0.15, 0.2) is 11.8 Å². The number of ether oxygens (including phenoxy) is 1. The van der Waals surface area contributed by atoms with Gasteiger partial charge < -0.3 is 15.0 Å². The quantitative estimate of drug-likeness (QED) is 0.599. The molecule has 1 heterocycles. The van der Waals surface area contributed by atoms with E-state index in [1.54, 1.807) is 0 Å². The topological polar surface area (TPSA) is 65.4 Å². The lowest BCUT2D eigenvalue weighted by Crippen LogP contribution is -2.44. The minimum atomic E-state index is -4.55. The maximum Gasteiger partial charge on any atom is 0.431 e. The zero-order chi connectivity index (χ0) is 17.0. The fourth-order valence-electron chi connectivity index (χ4n) is 2.93. The summed E-state index contributed by atoms with van der Waals surface area (Å²) in [7, 11) is 1.14. The van der Waals surface area contributed by atoms with Gasteiger partial charge in [0.15, 0.2) is 0 Å². The number of alkyl halides is 3. The number of amides is 1. The first-order chi connectivity index (χ1) is 10.8. The first-order valence-corrected chi connectivity index (χ1v) is 7.79. The molecule has 2 rings (SSSR count). The number of nitrogens with zero attached hydrogens (tertiary/aromatic N) is 1. The molecule has 5 nitrogen and oxygen atoms in total. The van der Waals surface area contributed by atoms with Crippen molar-refractivity contribution in [3.8, 4) is 0 Å². The summed E-state index contributed by atoms with van der Waals surface area (Å²) >= 11 is 0. The number of hydrogen-bond donors (Lipinski definition) is 2. The Balaban J connectivity index is 1.82. The Morgan fingerprint density at radius 2 is 2.00 bits per heavy atom. The van der Waals surface area contributed by atoms with Crippen molar-refractivity contribution in [2.75, 3.05) is 26.7 Å². The number of allylic oxidation sites excluding steroid dienone is 1. The summed E-state index contributed by atoms with van der Waals surface area (Å²) in [6.07, 6.45) is -0.278. The molecule has 2 N–H and O–H groups in total. The van der Waals surface area contributed by atoms with Crippen LogP contribution in [0, 0.1) is 17.2 Å². The second-order valence-corrected chi connectivity index (χ2v) is 5.96. The van der Waals surface area contributed by atoms with Crippen molar-refractivity contribution in [2.24, 2.45) is 11.8 Å². The maximum absolute atomic E-state index is 12.6. The molecule has 1 saturated carbocycles. The normalized spacial score (nSPS) is 25.0. The van der Waals surface area contributed by atoms with Gasteiger partial charge in [-0.2, -0.15) is 13.2 Å². The van der Waals surface area contributed by atoms with Gasteiger partial charge in [-0.25, -0.2) is 0 Å². The Morgan fingerprint density at radius 1 is 1.35 bits per heavy atom. The molecule has 2 atom stereocenters. The SMILES string of the molecule is CN/C(=C\C(=N)OC[C@@H]1CC[C@@H]1C(=O)N1CCCC1)C(F)(F)F. The van der Waals surface area contributed by atoms with E-state index in [2.05, 4.69) is 0 Å². The van der Waals surface area contributed by atoms with Gasteiger partial charge >= 0.3 is 6.18 Å². The molecule has 1 amide bonds. The van der Waals surface area contributed by atoms with Gasteiger partial charge in [0.25, 0.3) is 0 Å². The van der Waals surface area contributed by atoms with Crippen LogP contribution in [-0.4, -0.2) is 49.6 Å². The molecule has 1 aliphatic carbocycles. The molecule has 0 radical (unpaired) electrons. The zero-order valence-corrected chi connectivity index (χ0v) is 13.1. The minimum absolute atomic E-state index is 0.0132. The molecule has 130 valence electrons. The van der Waals surface area contributed by atoms with Crippen LogP contribution in [0.1, 0.15) is 25.7 Å². The van der Waals surface area contributed by atoms with Gasteiger partial charge in [-0.15, -0.1) is 0 Å². The summed E-state index contributed by atoms with van der Waals surface area (Å²) in [6, 6.07) is 0. The van der Waals surface area contributed by atoms with Crippen LogP contribution in [0.25, 0.3) is 0 Å². The number of halogens is 3. The maximum atomic E-state index is 12.6. The van der Waals surface area contributed by atoms with E-state index in [0.717, 1.165) is 45.8 Å². The van der Waals surface area contributed by atoms with E-state index in [-0.39, 0.29) is 24.3 Å². The molecular weight excluding hydrogens is 311 g/mol. The number of carbonyl (C=O) groups excluding carboxylic acids is 1. The van der Waals surface area contributed by atoms with Crippen LogP contribution < -0.4 is 5.32 Å². The molecule has 2 aliphatic rings. The fourth-order valence-corrected chi connectivity index (χ4v) is 2.93. The van der Waals surface area contributed by atoms with E-state index >= 15 is 0 Å². The molecule has 1 saturated heterocycles. The van der Waals surface area contributed by atoms with Crippen molar-refractivity contribution in [2.45, 2.75) is 31.9 Å². The van der Waals surface area contributed by atoms with Crippen molar-refractivity contribution in [3.63, 3.8) is 0 Å². The molecule has 0 bridgehead atoms. The van der Waals surface area contributed by atoms with E-state index in [1.807, 2.05) is 10.2 Å². The molecular formula is C15H22F3N3O2. The highest BCUT2D eigenvalue weighted by Gasteiger charge is 2.40. The second kappa shape index (κ2) is 7.23. The standard InChI is InChI=1S/C15H22F3N3O2/c1-20-12(15(16,17)18)8-13(19)23-9-10-4-5-11(10)14(22)21-6-2-3-7-21/h8,10-11,19-20H,2-7,9H2,1H3/b12-8-,19-13?/t10-,11-/m0/s1. The number of hydrogen-bond acceptors (Lipinski definition) is 4. The third kappa shape index (κ3) is 4.39. The molecule has 23 heavy (non-hydrogen) atoms. The summed E-state index contributed by atoms with van der Waals surface area (Å²) in [5.74, 6) is -0.557. The third-order valence-corrected chi connectivity index (χ3v) is 4.46. The zero-order valence-electron chi connectivity index (χ0n) is 13.1. The van der Waals surface area contributed by atoms with Crippen LogP contribution in [-0.2, 0) is 9.53 Å². The molecule has 0 aromatic carbocycles. The number of carbonyl (C=O) groups is 1. The van der Waals surface area contributed by atoms with E-state index in [0.29, 0.717) is 6.08 Å². The molecule has 0 spiro atoms.